The van der Waals surface area contributed by atoms with E-state index in [1.54, 1.807) is 4.68 Å². The van der Waals surface area contributed by atoms with Crippen LogP contribution in [0.4, 0.5) is 0 Å². The molecule has 1 heterocycles. The summed E-state index contributed by atoms with van der Waals surface area (Å²) < 4.78 is 1.76. The van der Waals surface area contributed by atoms with Crippen molar-refractivity contribution in [3.8, 4) is 0 Å². The molecule has 96 valence electrons. The second kappa shape index (κ2) is 5.40. The Morgan fingerprint density at radius 2 is 2.06 bits per heavy atom. The molecule has 0 spiro atoms. The Morgan fingerprint density at radius 1 is 1.41 bits per heavy atom. The molecule has 1 fully saturated rings. The van der Waals surface area contributed by atoms with E-state index in [9.17, 15) is 0 Å². The maximum absolute atomic E-state index is 6.25. The molecule has 2 rings (SSSR count). The fourth-order valence-electron chi connectivity index (χ4n) is 2.82. The van der Waals surface area contributed by atoms with Crippen LogP contribution in [0.25, 0.3) is 0 Å². The largest absolute Gasteiger partial charge is 0.302 e. The molecule has 0 amide bonds. The standard InChI is InChI=1S/C13H22ClN3/c1-10-12(13(14)17(3)15-10)9-16(2)8-11-6-4-5-7-11/h11H,4-9H2,1-3H3. The van der Waals surface area contributed by atoms with Crippen LogP contribution < -0.4 is 0 Å². The molecule has 0 atom stereocenters. The van der Waals surface area contributed by atoms with Crippen LogP contribution in [0.1, 0.15) is 36.9 Å². The summed E-state index contributed by atoms with van der Waals surface area (Å²) in [5, 5.41) is 5.13. The molecule has 0 aliphatic heterocycles. The third-order valence-corrected chi connectivity index (χ3v) is 4.22. The van der Waals surface area contributed by atoms with Gasteiger partial charge in [0.2, 0.25) is 0 Å². The lowest BCUT2D eigenvalue weighted by atomic mass is 10.1. The molecule has 0 N–H and O–H groups in total. The first-order valence-corrected chi connectivity index (χ1v) is 6.82. The van der Waals surface area contributed by atoms with Crippen LogP contribution in [0.15, 0.2) is 0 Å². The van der Waals surface area contributed by atoms with Gasteiger partial charge in [-0.3, -0.25) is 4.68 Å². The number of aromatic nitrogens is 2. The van der Waals surface area contributed by atoms with Gasteiger partial charge in [-0.2, -0.15) is 5.10 Å². The predicted molar refractivity (Wildman–Crippen MR) is 71.2 cm³/mol. The molecular weight excluding hydrogens is 234 g/mol. The number of hydrogen-bond donors (Lipinski definition) is 0. The fourth-order valence-corrected chi connectivity index (χ4v) is 3.06. The number of aryl methyl sites for hydroxylation is 2. The van der Waals surface area contributed by atoms with Gasteiger partial charge in [0, 0.05) is 25.7 Å². The Kier molecular flexibility index (Phi) is 4.10. The molecule has 17 heavy (non-hydrogen) atoms. The van der Waals surface area contributed by atoms with Crippen molar-refractivity contribution < 1.29 is 0 Å². The molecule has 1 aliphatic carbocycles. The lowest BCUT2D eigenvalue weighted by Gasteiger charge is -2.20. The van der Waals surface area contributed by atoms with Gasteiger partial charge in [-0.1, -0.05) is 24.4 Å². The predicted octanol–water partition coefficient (Wildman–Crippen LogP) is 3.00. The van der Waals surface area contributed by atoms with Gasteiger partial charge < -0.3 is 4.90 Å². The van der Waals surface area contributed by atoms with Crippen LogP contribution in [0.5, 0.6) is 0 Å². The van der Waals surface area contributed by atoms with Crippen LogP contribution >= 0.6 is 11.6 Å². The normalized spacial score (nSPS) is 17.2. The molecule has 0 bridgehead atoms. The van der Waals surface area contributed by atoms with Gasteiger partial charge in [0.15, 0.2) is 0 Å². The van der Waals surface area contributed by atoms with Crippen molar-refractivity contribution in [2.75, 3.05) is 13.6 Å². The SMILES string of the molecule is Cc1nn(C)c(Cl)c1CN(C)CC1CCCC1. The van der Waals surface area contributed by atoms with E-state index in [-0.39, 0.29) is 0 Å². The van der Waals surface area contributed by atoms with Crippen LogP contribution in [0, 0.1) is 12.8 Å². The third-order valence-electron chi connectivity index (χ3n) is 3.74. The van der Waals surface area contributed by atoms with Crippen molar-refractivity contribution in [2.45, 2.75) is 39.2 Å². The highest BCUT2D eigenvalue weighted by Crippen LogP contribution is 2.26. The van der Waals surface area contributed by atoms with Crippen molar-refractivity contribution in [3.63, 3.8) is 0 Å². The van der Waals surface area contributed by atoms with E-state index in [1.807, 2.05) is 14.0 Å². The molecule has 1 saturated carbocycles. The van der Waals surface area contributed by atoms with Crippen LogP contribution in [-0.4, -0.2) is 28.3 Å². The summed E-state index contributed by atoms with van der Waals surface area (Å²) in [7, 11) is 4.08. The second-order valence-corrected chi connectivity index (χ2v) is 5.68. The summed E-state index contributed by atoms with van der Waals surface area (Å²) >= 11 is 6.25. The van der Waals surface area contributed by atoms with Crippen molar-refractivity contribution in [1.29, 1.82) is 0 Å². The smallest absolute Gasteiger partial charge is 0.131 e. The van der Waals surface area contributed by atoms with Crippen molar-refractivity contribution in [3.05, 3.63) is 16.4 Å². The average molecular weight is 256 g/mol. The zero-order chi connectivity index (χ0) is 12.4. The van der Waals surface area contributed by atoms with E-state index >= 15 is 0 Å². The van der Waals surface area contributed by atoms with Gasteiger partial charge in [0.05, 0.1) is 5.69 Å². The molecule has 4 heteroatoms. The minimum Gasteiger partial charge on any atom is -0.302 e. The Labute approximate surface area is 109 Å². The molecule has 1 aromatic rings. The summed E-state index contributed by atoms with van der Waals surface area (Å²) in [4.78, 5) is 2.38. The van der Waals surface area contributed by atoms with Crippen LogP contribution in [-0.2, 0) is 13.6 Å². The zero-order valence-electron chi connectivity index (χ0n) is 11.0. The van der Waals surface area contributed by atoms with Gasteiger partial charge in [-0.25, -0.2) is 0 Å². The molecule has 1 aliphatic rings. The van der Waals surface area contributed by atoms with Crippen LogP contribution in [0.2, 0.25) is 5.15 Å². The quantitative estimate of drug-likeness (QED) is 0.825. The first kappa shape index (κ1) is 12.9. The summed E-state index contributed by atoms with van der Waals surface area (Å²) in [6.45, 7) is 4.13. The van der Waals surface area contributed by atoms with Gasteiger partial charge in [0.1, 0.15) is 5.15 Å². The average Bonchev–Trinajstić information content (AvgIpc) is 2.83. The van der Waals surface area contributed by atoms with E-state index < -0.39 is 0 Å². The van der Waals surface area contributed by atoms with E-state index in [1.165, 1.54) is 37.8 Å². The van der Waals surface area contributed by atoms with Gasteiger partial charge >= 0.3 is 0 Å². The molecule has 0 aromatic carbocycles. The Hall–Kier alpha value is -0.540. The molecule has 0 radical (unpaired) electrons. The second-order valence-electron chi connectivity index (χ2n) is 5.33. The summed E-state index contributed by atoms with van der Waals surface area (Å²) in [6.07, 6.45) is 5.60. The molecular formula is C13H22ClN3. The molecule has 3 nitrogen and oxygen atoms in total. The Morgan fingerprint density at radius 3 is 2.59 bits per heavy atom. The minimum atomic E-state index is 0.778. The van der Waals surface area contributed by atoms with Gasteiger partial charge in [-0.05, 0) is 32.7 Å². The number of hydrogen-bond acceptors (Lipinski definition) is 2. The summed E-state index contributed by atoms with van der Waals surface area (Å²) in [5.74, 6) is 0.885. The number of halogens is 1. The van der Waals surface area contributed by atoms with E-state index in [0.29, 0.717) is 0 Å². The highest BCUT2D eigenvalue weighted by molar-refractivity contribution is 6.30. The van der Waals surface area contributed by atoms with E-state index in [2.05, 4.69) is 17.0 Å². The highest BCUT2D eigenvalue weighted by atomic mass is 35.5. The van der Waals surface area contributed by atoms with Gasteiger partial charge in [-0.15, -0.1) is 0 Å². The maximum atomic E-state index is 6.25. The minimum absolute atomic E-state index is 0.778. The number of nitrogens with zero attached hydrogens (tertiary/aromatic N) is 3. The van der Waals surface area contributed by atoms with E-state index in [0.717, 1.165) is 23.3 Å². The van der Waals surface area contributed by atoms with Gasteiger partial charge in [0.25, 0.3) is 0 Å². The lowest BCUT2D eigenvalue weighted by molar-refractivity contribution is 0.271. The Balaban J connectivity index is 1.95. The fraction of sp³-hybridized carbons (Fsp3) is 0.769. The topological polar surface area (TPSA) is 21.1 Å². The molecule has 0 unspecified atom stereocenters. The maximum Gasteiger partial charge on any atom is 0.131 e. The first-order chi connectivity index (χ1) is 8.08. The molecule has 0 saturated heterocycles. The summed E-state index contributed by atoms with van der Waals surface area (Å²) in [6, 6.07) is 0. The van der Waals surface area contributed by atoms with E-state index in [4.69, 9.17) is 11.6 Å². The zero-order valence-corrected chi connectivity index (χ0v) is 11.8. The van der Waals surface area contributed by atoms with Crippen LogP contribution in [0.3, 0.4) is 0 Å². The van der Waals surface area contributed by atoms with Crippen molar-refractivity contribution in [1.82, 2.24) is 14.7 Å². The monoisotopic (exact) mass is 255 g/mol. The van der Waals surface area contributed by atoms with Crippen molar-refractivity contribution >= 4 is 11.6 Å². The lowest BCUT2D eigenvalue weighted by Crippen LogP contribution is -2.24. The highest BCUT2D eigenvalue weighted by Gasteiger charge is 2.19. The third kappa shape index (κ3) is 3.02. The number of rotatable bonds is 4. The summed E-state index contributed by atoms with van der Waals surface area (Å²) in [5.41, 5.74) is 2.23. The first-order valence-electron chi connectivity index (χ1n) is 6.44. The van der Waals surface area contributed by atoms with Crippen molar-refractivity contribution in [2.24, 2.45) is 13.0 Å². The Bertz CT molecular complexity index is 380. The molecule has 1 aromatic heterocycles.